The van der Waals surface area contributed by atoms with E-state index < -0.39 is 0 Å². The molecular weight excluding hydrogens is 441 g/mol. The Morgan fingerprint density at radius 3 is 2.71 bits per heavy atom. The molecule has 0 saturated carbocycles. The molecule has 0 aliphatic carbocycles. The van der Waals surface area contributed by atoms with Gasteiger partial charge in [-0.15, -0.1) is 24.0 Å². The van der Waals surface area contributed by atoms with Crippen LogP contribution in [0.3, 0.4) is 0 Å². The molecule has 1 heterocycles. The summed E-state index contributed by atoms with van der Waals surface area (Å²) < 4.78 is 5.85. The highest BCUT2D eigenvalue weighted by Gasteiger charge is 2.19. The van der Waals surface area contributed by atoms with Crippen LogP contribution < -0.4 is 10.1 Å². The predicted octanol–water partition coefficient (Wildman–Crippen LogP) is 3.15. The van der Waals surface area contributed by atoms with Gasteiger partial charge in [-0.1, -0.05) is 23.7 Å². The maximum atomic E-state index is 9.63. The van der Waals surface area contributed by atoms with Crippen molar-refractivity contribution in [2.75, 3.05) is 26.2 Å². The number of para-hydroxylation sites is 1. The van der Waals surface area contributed by atoms with Crippen LogP contribution in [-0.4, -0.2) is 54.4 Å². The van der Waals surface area contributed by atoms with Crippen molar-refractivity contribution in [1.82, 2.24) is 10.2 Å². The first-order valence-electron chi connectivity index (χ1n) is 8.22. The number of hydrogen-bond donors (Lipinski definition) is 2. The summed E-state index contributed by atoms with van der Waals surface area (Å²) >= 11 is 6.11. The van der Waals surface area contributed by atoms with Gasteiger partial charge in [-0.3, -0.25) is 0 Å². The SMILES string of the molecule is CCNC(=NCC(C)Oc1ccccc1Cl)N1CCC(O)CC1.I. The number of piperidine rings is 1. The molecule has 1 atom stereocenters. The van der Waals surface area contributed by atoms with Crippen LogP contribution in [0.2, 0.25) is 5.02 Å². The van der Waals surface area contributed by atoms with Gasteiger partial charge >= 0.3 is 0 Å². The Hall–Kier alpha value is -0.730. The van der Waals surface area contributed by atoms with Crippen LogP contribution in [0, 0.1) is 0 Å². The van der Waals surface area contributed by atoms with Crippen LogP contribution in [-0.2, 0) is 0 Å². The summed E-state index contributed by atoms with van der Waals surface area (Å²) in [5.41, 5.74) is 0. The second-order valence-electron chi connectivity index (χ2n) is 5.77. The molecule has 5 nitrogen and oxygen atoms in total. The smallest absolute Gasteiger partial charge is 0.194 e. The Morgan fingerprint density at radius 2 is 2.08 bits per heavy atom. The molecule has 1 unspecified atom stereocenters. The van der Waals surface area contributed by atoms with Crippen molar-refractivity contribution in [2.45, 2.75) is 38.9 Å². The Kier molecular flexibility index (Phi) is 9.76. The quantitative estimate of drug-likeness (QED) is 0.397. The van der Waals surface area contributed by atoms with E-state index in [2.05, 4.69) is 22.1 Å². The molecule has 2 rings (SSSR count). The van der Waals surface area contributed by atoms with Crippen LogP contribution in [0.25, 0.3) is 0 Å². The monoisotopic (exact) mass is 467 g/mol. The topological polar surface area (TPSA) is 57.1 Å². The fourth-order valence-electron chi connectivity index (χ4n) is 2.51. The molecule has 1 aromatic carbocycles. The molecule has 1 aliphatic heterocycles. The van der Waals surface area contributed by atoms with Crippen LogP contribution in [0.15, 0.2) is 29.3 Å². The number of nitrogens with zero attached hydrogens (tertiary/aromatic N) is 2. The van der Waals surface area contributed by atoms with Gasteiger partial charge in [-0.25, -0.2) is 4.99 Å². The van der Waals surface area contributed by atoms with E-state index in [-0.39, 0.29) is 36.2 Å². The number of hydrogen-bond acceptors (Lipinski definition) is 3. The number of halogens is 2. The highest BCUT2D eigenvalue weighted by molar-refractivity contribution is 14.0. The standard InChI is InChI=1S/C17H26ClN3O2.HI/c1-3-19-17(21-10-8-14(22)9-11-21)20-12-13(2)23-16-7-5-4-6-15(16)18;/h4-7,13-14,22H,3,8-12H2,1-2H3,(H,19,20);1H. The molecule has 1 saturated heterocycles. The molecule has 136 valence electrons. The number of aliphatic hydroxyl groups is 1. The van der Waals surface area contributed by atoms with Crippen molar-refractivity contribution < 1.29 is 9.84 Å². The zero-order valence-electron chi connectivity index (χ0n) is 14.2. The zero-order valence-corrected chi connectivity index (χ0v) is 17.3. The molecule has 7 heteroatoms. The average Bonchev–Trinajstić information content (AvgIpc) is 2.54. The van der Waals surface area contributed by atoms with Crippen molar-refractivity contribution in [2.24, 2.45) is 4.99 Å². The van der Waals surface area contributed by atoms with E-state index in [9.17, 15) is 5.11 Å². The number of likely N-dealkylation sites (tertiary alicyclic amines) is 1. The molecule has 2 N–H and O–H groups in total. The largest absolute Gasteiger partial charge is 0.487 e. The normalized spacial score (nSPS) is 17.2. The summed E-state index contributed by atoms with van der Waals surface area (Å²) in [4.78, 5) is 6.86. The number of ether oxygens (including phenoxy) is 1. The van der Waals surface area contributed by atoms with Gasteiger partial charge in [0.05, 0.1) is 17.7 Å². The number of rotatable bonds is 5. The fourth-order valence-corrected chi connectivity index (χ4v) is 2.69. The molecule has 1 aliphatic rings. The Bertz CT molecular complexity index is 522. The molecule has 1 fully saturated rings. The van der Waals surface area contributed by atoms with E-state index in [0.717, 1.165) is 38.4 Å². The van der Waals surface area contributed by atoms with Gasteiger partial charge in [0.2, 0.25) is 0 Å². The minimum Gasteiger partial charge on any atom is -0.487 e. The van der Waals surface area contributed by atoms with Crippen molar-refractivity contribution >= 4 is 41.5 Å². The first-order chi connectivity index (χ1) is 11.1. The second kappa shape index (κ2) is 11.0. The van der Waals surface area contributed by atoms with Gasteiger partial charge in [-0.2, -0.15) is 0 Å². The average molecular weight is 468 g/mol. The molecule has 0 spiro atoms. The first kappa shape index (κ1) is 21.3. The first-order valence-corrected chi connectivity index (χ1v) is 8.60. The number of aliphatic imine (C=N–C) groups is 1. The van der Waals surface area contributed by atoms with Crippen molar-refractivity contribution in [3.63, 3.8) is 0 Å². The lowest BCUT2D eigenvalue weighted by Crippen LogP contribution is -2.47. The predicted molar refractivity (Wildman–Crippen MR) is 110 cm³/mol. The molecule has 0 aromatic heterocycles. The van der Waals surface area contributed by atoms with Crippen LogP contribution in [0.5, 0.6) is 5.75 Å². The lowest BCUT2D eigenvalue weighted by Gasteiger charge is -2.32. The molecule has 0 amide bonds. The molecular formula is C17H27ClIN3O2. The number of benzene rings is 1. The second-order valence-corrected chi connectivity index (χ2v) is 6.18. The Balaban J connectivity index is 0.00000288. The summed E-state index contributed by atoms with van der Waals surface area (Å²) in [5, 5.41) is 13.5. The molecule has 0 radical (unpaired) electrons. The van der Waals surface area contributed by atoms with Crippen LogP contribution in [0.1, 0.15) is 26.7 Å². The minimum absolute atomic E-state index is 0. The number of guanidine groups is 1. The van der Waals surface area contributed by atoms with Crippen molar-refractivity contribution in [1.29, 1.82) is 0 Å². The van der Waals surface area contributed by atoms with Gasteiger partial charge in [0.1, 0.15) is 11.9 Å². The fraction of sp³-hybridized carbons (Fsp3) is 0.588. The summed E-state index contributed by atoms with van der Waals surface area (Å²) in [6.07, 6.45) is 1.32. The summed E-state index contributed by atoms with van der Waals surface area (Å²) in [6.45, 7) is 7.05. The molecule has 0 bridgehead atoms. The van der Waals surface area contributed by atoms with Gasteiger partial charge in [0, 0.05) is 19.6 Å². The van der Waals surface area contributed by atoms with Crippen LogP contribution >= 0.6 is 35.6 Å². The van der Waals surface area contributed by atoms with E-state index in [0.29, 0.717) is 17.3 Å². The van der Waals surface area contributed by atoms with Crippen molar-refractivity contribution in [3.8, 4) is 5.75 Å². The van der Waals surface area contributed by atoms with E-state index in [1.807, 2.05) is 31.2 Å². The van der Waals surface area contributed by atoms with Gasteiger partial charge in [-0.05, 0) is 38.8 Å². The Morgan fingerprint density at radius 1 is 1.42 bits per heavy atom. The third-order valence-electron chi connectivity index (χ3n) is 3.76. The third kappa shape index (κ3) is 6.64. The van der Waals surface area contributed by atoms with Gasteiger partial charge < -0.3 is 20.1 Å². The highest BCUT2D eigenvalue weighted by Crippen LogP contribution is 2.24. The maximum absolute atomic E-state index is 9.63. The lowest BCUT2D eigenvalue weighted by molar-refractivity contribution is 0.107. The van der Waals surface area contributed by atoms with Crippen molar-refractivity contribution in [3.05, 3.63) is 29.3 Å². The highest BCUT2D eigenvalue weighted by atomic mass is 127. The summed E-state index contributed by atoms with van der Waals surface area (Å²) in [5.74, 6) is 1.57. The van der Waals surface area contributed by atoms with E-state index >= 15 is 0 Å². The number of nitrogens with one attached hydrogen (secondary N) is 1. The minimum atomic E-state index is -0.184. The Labute approximate surface area is 166 Å². The van der Waals surface area contributed by atoms with E-state index in [4.69, 9.17) is 16.3 Å². The summed E-state index contributed by atoms with van der Waals surface area (Å²) in [6, 6.07) is 7.46. The lowest BCUT2D eigenvalue weighted by atomic mass is 10.1. The van der Waals surface area contributed by atoms with E-state index in [1.165, 1.54) is 0 Å². The van der Waals surface area contributed by atoms with E-state index in [1.54, 1.807) is 0 Å². The number of aliphatic hydroxyl groups excluding tert-OH is 1. The molecule has 24 heavy (non-hydrogen) atoms. The van der Waals surface area contributed by atoms with Crippen LogP contribution in [0.4, 0.5) is 0 Å². The third-order valence-corrected chi connectivity index (χ3v) is 4.07. The maximum Gasteiger partial charge on any atom is 0.194 e. The van der Waals surface area contributed by atoms with Gasteiger partial charge in [0.15, 0.2) is 5.96 Å². The molecule has 1 aromatic rings. The summed E-state index contributed by atoms with van der Waals surface area (Å²) in [7, 11) is 0. The zero-order chi connectivity index (χ0) is 16.7. The van der Waals surface area contributed by atoms with Gasteiger partial charge in [0.25, 0.3) is 0 Å².